The summed E-state index contributed by atoms with van der Waals surface area (Å²) >= 11 is 0. The van der Waals surface area contributed by atoms with Gasteiger partial charge in [0.1, 0.15) is 11.5 Å². The summed E-state index contributed by atoms with van der Waals surface area (Å²) in [5.41, 5.74) is 2.33. The maximum atomic E-state index is 5.51. The maximum absolute atomic E-state index is 5.51. The molecule has 0 bridgehead atoms. The molecule has 1 aromatic heterocycles. The van der Waals surface area contributed by atoms with Crippen LogP contribution in [0.5, 0.6) is 5.75 Å². The van der Waals surface area contributed by atoms with Crippen LogP contribution in [0.4, 0.5) is 5.69 Å². The van der Waals surface area contributed by atoms with Crippen LogP contribution in [0, 0.1) is 0 Å². The van der Waals surface area contributed by atoms with Crippen LogP contribution in [0.25, 0.3) is 0 Å². The highest BCUT2D eigenvalue weighted by atomic mass is 16.5. The summed E-state index contributed by atoms with van der Waals surface area (Å²) in [5.74, 6) is 2.00. The van der Waals surface area contributed by atoms with Crippen molar-refractivity contribution in [3.63, 3.8) is 0 Å². The fourth-order valence-electron chi connectivity index (χ4n) is 2.59. The van der Waals surface area contributed by atoms with Gasteiger partial charge in [-0.1, -0.05) is 12.1 Å². The second kappa shape index (κ2) is 4.77. The minimum Gasteiger partial charge on any atom is -0.495 e. The number of aryl methyl sites for hydroxylation is 1. The van der Waals surface area contributed by atoms with Gasteiger partial charge in [-0.15, -0.1) is 0 Å². The number of para-hydroxylation sites is 2. The summed E-state index contributed by atoms with van der Waals surface area (Å²) in [5, 5.41) is 3.56. The van der Waals surface area contributed by atoms with Crippen LogP contribution in [-0.4, -0.2) is 7.11 Å². The first-order chi connectivity index (χ1) is 8.88. The normalized spacial score (nSPS) is 18.2. The van der Waals surface area contributed by atoms with E-state index in [1.165, 1.54) is 5.56 Å². The van der Waals surface area contributed by atoms with Crippen molar-refractivity contribution in [1.82, 2.24) is 0 Å². The van der Waals surface area contributed by atoms with Crippen molar-refractivity contribution in [3.8, 4) is 5.75 Å². The number of hydrogen-bond donors (Lipinski definition) is 1. The molecule has 18 heavy (non-hydrogen) atoms. The summed E-state index contributed by atoms with van der Waals surface area (Å²) < 4.78 is 10.9. The monoisotopic (exact) mass is 243 g/mol. The maximum Gasteiger partial charge on any atom is 0.141 e. The largest absolute Gasteiger partial charge is 0.495 e. The molecule has 0 fully saturated rings. The second-order valence-corrected chi connectivity index (χ2v) is 4.59. The van der Waals surface area contributed by atoms with Crippen LogP contribution in [-0.2, 0) is 6.42 Å². The Bertz CT molecular complexity index is 533. The molecule has 3 rings (SSSR count). The topological polar surface area (TPSA) is 34.4 Å². The van der Waals surface area contributed by atoms with Crippen LogP contribution < -0.4 is 10.1 Å². The molecule has 0 amide bonds. The van der Waals surface area contributed by atoms with E-state index >= 15 is 0 Å². The quantitative estimate of drug-likeness (QED) is 0.890. The second-order valence-electron chi connectivity index (χ2n) is 4.59. The van der Waals surface area contributed by atoms with Crippen molar-refractivity contribution in [3.05, 3.63) is 47.9 Å². The van der Waals surface area contributed by atoms with Gasteiger partial charge >= 0.3 is 0 Å². The van der Waals surface area contributed by atoms with Crippen molar-refractivity contribution in [2.24, 2.45) is 0 Å². The zero-order chi connectivity index (χ0) is 12.4. The van der Waals surface area contributed by atoms with E-state index in [-0.39, 0.29) is 0 Å². The molecule has 0 aliphatic heterocycles. The average molecular weight is 243 g/mol. The number of fused-ring (bicyclic) bond motifs is 1. The lowest BCUT2D eigenvalue weighted by molar-refractivity contribution is 0.414. The highest BCUT2D eigenvalue weighted by Crippen LogP contribution is 2.35. The molecule has 1 aliphatic rings. The van der Waals surface area contributed by atoms with E-state index in [1.54, 1.807) is 13.4 Å². The predicted octanol–water partition coefficient (Wildman–Crippen LogP) is 3.78. The molecule has 1 atom stereocenters. The van der Waals surface area contributed by atoms with Crippen molar-refractivity contribution >= 4 is 5.69 Å². The Morgan fingerprint density at radius 1 is 1.28 bits per heavy atom. The van der Waals surface area contributed by atoms with E-state index in [0.29, 0.717) is 6.04 Å². The molecule has 3 heteroatoms. The Labute approximate surface area is 107 Å². The van der Waals surface area contributed by atoms with Gasteiger partial charge in [-0.05, 0) is 31.0 Å². The van der Waals surface area contributed by atoms with Gasteiger partial charge in [0.25, 0.3) is 0 Å². The van der Waals surface area contributed by atoms with Crippen molar-refractivity contribution in [2.45, 2.75) is 25.3 Å². The SMILES string of the molecule is COc1ccccc1NC1CCCc2occc21. The fourth-order valence-corrected chi connectivity index (χ4v) is 2.59. The van der Waals surface area contributed by atoms with E-state index < -0.39 is 0 Å². The molecule has 2 aromatic rings. The average Bonchev–Trinajstić information content (AvgIpc) is 2.89. The van der Waals surface area contributed by atoms with E-state index in [0.717, 1.165) is 36.5 Å². The summed E-state index contributed by atoms with van der Waals surface area (Å²) in [6, 6.07) is 10.4. The lowest BCUT2D eigenvalue weighted by Gasteiger charge is -2.24. The third-order valence-corrected chi connectivity index (χ3v) is 3.49. The third-order valence-electron chi connectivity index (χ3n) is 3.49. The molecule has 1 N–H and O–H groups in total. The van der Waals surface area contributed by atoms with Crippen LogP contribution in [0.1, 0.15) is 30.2 Å². The minimum absolute atomic E-state index is 0.323. The molecule has 0 saturated heterocycles. The molecule has 1 aromatic carbocycles. The minimum atomic E-state index is 0.323. The van der Waals surface area contributed by atoms with Gasteiger partial charge in [-0.25, -0.2) is 0 Å². The Kier molecular flexibility index (Phi) is 2.97. The molecule has 3 nitrogen and oxygen atoms in total. The van der Waals surface area contributed by atoms with Crippen molar-refractivity contribution < 1.29 is 9.15 Å². The summed E-state index contributed by atoms with van der Waals surface area (Å²) in [7, 11) is 1.70. The molecule has 0 saturated carbocycles. The van der Waals surface area contributed by atoms with E-state index in [9.17, 15) is 0 Å². The third kappa shape index (κ3) is 1.96. The summed E-state index contributed by atoms with van der Waals surface area (Å²) in [4.78, 5) is 0. The number of rotatable bonds is 3. The zero-order valence-electron chi connectivity index (χ0n) is 10.5. The molecule has 1 unspecified atom stereocenters. The van der Waals surface area contributed by atoms with Crippen LogP contribution in [0.3, 0.4) is 0 Å². The smallest absolute Gasteiger partial charge is 0.141 e. The first-order valence-corrected chi connectivity index (χ1v) is 6.34. The number of anilines is 1. The van der Waals surface area contributed by atoms with Gasteiger partial charge in [-0.3, -0.25) is 0 Å². The zero-order valence-corrected chi connectivity index (χ0v) is 10.5. The Morgan fingerprint density at radius 2 is 2.17 bits per heavy atom. The highest BCUT2D eigenvalue weighted by molar-refractivity contribution is 5.57. The Morgan fingerprint density at radius 3 is 3.06 bits per heavy atom. The lowest BCUT2D eigenvalue weighted by Crippen LogP contribution is -2.16. The first-order valence-electron chi connectivity index (χ1n) is 6.34. The number of nitrogens with one attached hydrogen (secondary N) is 1. The van der Waals surface area contributed by atoms with Crippen LogP contribution in [0.2, 0.25) is 0 Å². The fraction of sp³-hybridized carbons (Fsp3) is 0.333. The lowest BCUT2D eigenvalue weighted by atomic mass is 9.93. The van der Waals surface area contributed by atoms with Crippen molar-refractivity contribution in [1.29, 1.82) is 0 Å². The Balaban J connectivity index is 1.86. The molecule has 1 heterocycles. The number of benzene rings is 1. The predicted molar refractivity (Wildman–Crippen MR) is 71.0 cm³/mol. The number of furan rings is 1. The molecule has 1 aliphatic carbocycles. The summed E-state index contributed by atoms with van der Waals surface area (Å²) in [6.07, 6.45) is 5.12. The molecule has 0 radical (unpaired) electrons. The van der Waals surface area contributed by atoms with Gasteiger partial charge in [0.2, 0.25) is 0 Å². The number of methoxy groups -OCH3 is 1. The van der Waals surface area contributed by atoms with E-state index in [4.69, 9.17) is 9.15 Å². The molecule has 94 valence electrons. The molecular weight excluding hydrogens is 226 g/mol. The van der Waals surface area contributed by atoms with E-state index in [2.05, 4.69) is 11.4 Å². The van der Waals surface area contributed by atoms with E-state index in [1.807, 2.05) is 24.3 Å². The van der Waals surface area contributed by atoms with Crippen LogP contribution >= 0.6 is 0 Å². The number of ether oxygens (including phenoxy) is 1. The Hall–Kier alpha value is -1.90. The van der Waals surface area contributed by atoms with Crippen LogP contribution in [0.15, 0.2) is 41.0 Å². The van der Waals surface area contributed by atoms with Gasteiger partial charge in [-0.2, -0.15) is 0 Å². The standard InChI is InChI=1S/C15H17NO2/c1-17-15-7-3-2-5-13(15)16-12-6-4-8-14-11(12)9-10-18-14/h2-3,5,7,9-10,12,16H,4,6,8H2,1H3. The van der Waals surface area contributed by atoms with Gasteiger partial charge in [0, 0.05) is 12.0 Å². The van der Waals surface area contributed by atoms with Crippen molar-refractivity contribution in [2.75, 3.05) is 12.4 Å². The first kappa shape index (κ1) is 11.2. The van der Waals surface area contributed by atoms with Gasteiger partial charge in [0.05, 0.1) is 25.1 Å². The molecular formula is C15H17NO2. The highest BCUT2D eigenvalue weighted by Gasteiger charge is 2.23. The molecule has 0 spiro atoms. The summed E-state index contributed by atoms with van der Waals surface area (Å²) in [6.45, 7) is 0. The van der Waals surface area contributed by atoms with Gasteiger partial charge in [0.15, 0.2) is 0 Å². The number of hydrogen-bond acceptors (Lipinski definition) is 3. The van der Waals surface area contributed by atoms with Gasteiger partial charge < -0.3 is 14.5 Å².